The van der Waals surface area contributed by atoms with Crippen LogP contribution in [0.2, 0.25) is 0 Å². The zero-order valence-electron chi connectivity index (χ0n) is 17.8. The van der Waals surface area contributed by atoms with E-state index in [4.69, 9.17) is 5.73 Å². The summed E-state index contributed by atoms with van der Waals surface area (Å²) in [4.78, 5) is 38.5. The summed E-state index contributed by atoms with van der Waals surface area (Å²) in [6, 6.07) is 3.33. The van der Waals surface area contributed by atoms with E-state index in [1.807, 2.05) is 0 Å². The van der Waals surface area contributed by atoms with Crippen molar-refractivity contribution in [1.29, 1.82) is 0 Å². The number of nitrogens with zero attached hydrogens (tertiary/aromatic N) is 3. The van der Waals surface area contributed by atoms with Crippen LogP contribution in [0.25, 0.3) is 0 Å². The van der Waals surface area contributed by atoms with Gasteiger partial charge in [0, 0.05) is 32.6 Å². The number of likely N-dealkylation sites (tertiary alicyclic amines) is 1. The van der Waals surface area contributed by atoms with Crippen LogP contribution in [-0.4, -0.2) is 66.0 Å². The van der Waals surface area contributed by atoms with Crippen molar-refractivity contribution in [1.82, 2.24) is 24.7 Å². The molecule has 4 N–H and O–H groups in total. The Morgan fingerprint density at radius 2 is 2.09 bits per heavy atom. The van der Waals surface area contributed by atoms with Gasteiger partial charge in [-0.2, -0.15) is 5.10 Å². The number of hydrogen-bond acceptors (Lipinski definition) is 7. The van der Waals surface area contributed by atoms with E-state index in [2.05, 4.69) is 15.1 Å². The Kier molecular flexibility index (Phi) is 7.31. The fourth-order valence-electron chi connectivity index (χ4n) is 3.64. The number of sulfonamides is 1. The number of aryl methyl sites for hydroxylation is 2. The number of piperidine rings is 1. The Balaban J connectivity index is 1.79. The Morgan fingerprint density at radius 3 is 2.69 bits per heavy atom. The largest absolute Gasteiger partial charge is 0.370 e. The molecule has 0 spiro atoms. The van der Waals surface area contributed by atoms with Gasteiger partial charge in [-0.3, -0.25) is 19.1 Å². The van der Waals surface area contributed by atoms with Crippen LogP contribution in [-0.2, 0) is 26.7 Å². The van der Waals surface area contributed by atoms with E-state index in [0.29, 0.717) is 17.8 Å². The van der Waals surface area contributed by atoms with Crippen molar-refractivity contribution >= 4 is 39.1 Å². The number of nitrogens with one attached hydrogen (secondary N) is 2. The van der Waals surface area contributed by atoms with Crippen LogP contribution in [0.5, 0.6) is 0 Å². The van der Waals surface area contributed by atoms with Crippen molar-refractivity contribution in [3.05, 3.63) is 35.0 Å². The highest BCUT2D eigenvalue weighted by Crippen LogP contribution is 2.24. The van der Waals surface area contributed by atoms with Crippen LogP contribution in [0, 0.1) is 6.92 Å². The number of carbonyl (C=O) groups is 3. The van der Waals surface area contributed by atoms with Crippen molar-refractivity contribution in [3.63, 3.8) is 0 Å². The van der Waals surface area contributed by atoms with E-state index >= 15 is 0 Å². The van der Waals surface area contributed by atoms with Crippen molar-refractivity contribution < 1.29 is 22.8 Å². The van der Waals surface area contributed by atoms with Crippen LogP contribution in [0.4, 0.5) is 0 Å². The molecule has 2 aromatic heterocycles. The van der Waals surface area contributed by atoms with Crippen molar-refractivity contribution in [2.45, 2.75) is 42.5 Å². The van der Waals surface area contributed by atoms with Crippen LogP contribution in [0.1, 0.15) is 35.4 Å². The van der Waals surface area contributed by atoms with Crippen LogP contribution in [0.15, 0.2) is 27.8 Å². The highest BCUT2D eigenvalue weighted by molar-refractivity contribution is 7.91. The monoisotopic (exact) mass is 482 g/mol. The fraction of sp³-hybridized carbons (Fsp3) is 0.474. The van der Waals surface area contributed by atoms with E-state index in [1.165, 1.54) is 15.6 Å². The lowest BCUT2D eigenvalue weighted by Crippen LogP contribution is -2.57. The van der Waals surface area contributed by atoms with Gasteiger partial charge in [0.1, 0.15) is 15.9 Å². The van der Waals surface area contributed by atoms with Gasteiger partial charge in [-0.05, 0) is 37.3 Å². The fourth-order valence-corrected chi connectivity index (χ4v) is 5.94. The van der Waals surface area contributed by atoms with E-state index in [0.717, 1.165) is 11.3 Å². The summed E-state index contributed by atoms with van der Waals surface area (Å²) in [5.41, 5.74) is 6.12. The summed E-state index contributed by atoms with van der Waals surface area (Å²) in [6.07, 6.45) is 0.398. The minimum Gasteiger partial charge on any atom is -0.370 e. The third-order valence-corrected chi connectivity index (χ3v) is 8.06. The molecule has 174 valence electrons. The van der Waals surface area contributed by atoms with Crippen molar-refractivity contribution in [2.75, 3.05) is 13.1 Å². The molecule has 11 nitrogen and oxygen atoms in total. The average molecular weight is 483 g/mol. The van der Waals surface area contributed by atoms with Gasteiger partial charge < -0.3 is 16.0 Å². The topological polar surface area (TPSA) is 156 Å². The van der Waals surface area contributed by atoms with Crippen LogP contribution < -0.4 is 15.8 Å². The van der Waals surface area contributed by atoms with E-state index in [1.54, 1.807) is 31.5 Å². The highest BCUT2D eigenvalue weighted by Gasteiger charge is 2.38. The highest BCUT2D eigenvalue weighted by atomic mass is 32.2. The molecule has 3 amide bonds. The summed E-state index contributed by atoms with van der Waals surface area (Å²) in [5, 5.41) is 8.47. The first-order valence-electron chi connectivity index (χ1n) is 10.0. The summed E-state index contributed by atoms with van der Waals surface area (Å²) in [5.74, 6) is -1.41. The maximum absolute atomic E-state index is 13.2. The summed E-state index contributed by atoms with van der Waals surface area (Å²) in [7, 11) is -2.09. The molecule has 2 aromatic rings. The molecule has 2 atom stereocenters. The van der Waals surface area contributed by atoms with Gasteiger partial charge in [0.2, 0.25) is 21.8 Å². The molecule has 3 rings (SSSR count). The molecule has 1 aliphatic rings. The molecule has 0 aliphatic carbocycles. The third-order valence-electron chi connectivity index (χ3n) is 5.14. The second kappa shape index (κ2) is 9.79. The number of amides is 3. The molecule has 0 aromatic carbocycles. The quantitative estimate of drug-likeness (QED) is 0.470. The van der Waals surface area contributed by atoms with Gasteiger partial charge >= 0.3 is 0 Å². The molecule has 32 heavy (non-hydrogen) atoms. The number of rotatable bonds is 8. The van der Waals surface area contributed by atoms with E-state index in [-0.39, 0.29) is 36.0 Å². The molecule has 0 saturated carbocycles. The Morgan fingerprint density at radius 1 is 1.34 bits per heavy atom. The lowest BCUT2D eigenvalue weighted by molar-refractivity contribution is -0.127. The van der Waals surface area contributed by atoms with Gasteiger partial charge in [0.25, 0.3) is 5.91 Å². The molecule has 1 aliphatic heterocycles. The lowest BCUT2D eigenvalue weighted by atomic mass is 9.96. The predicted molar refractivity (Wildman–Crippen MR) is 117 cm³/mol. The van der Waals surface area contributed by atoms with Crippen molar-refractivity contribution in [3.8, 4) is 0 Å². The normalized spacial score (nSPS) is 19.0. The van der Waals surface area contributed by atoms with Gasteiger partial charge in [0.05, 0.1) is 5.69 Å². The summed E-state index contributed by atoms with van der Waals surface area (Å²) < 4.78 is 29.5. The minimum atomic E-state index is -3.73. The molecular formula is C19H26N6O5S2. The molecule has 0 radical (unpaired) electrons. The van der Waals surface area contributed by atoms with Crippen LogP contribution in [0.3, 0.4) is 0 Å². The number of thiophene rings is 1. The third kappa shape index (κ3) is 5.53. The van der Waals surface area contributed by atoms with Gasteiger partial charge in [-0.25, -0.2) is 13.1 Å². The Bertz CT molecular complexity index is 1100. The molecule has 13 heteroatoms. The number of aromatic nitrogens is 2. The number of primary amides is 1. The molecule has 0 unspecified atom stereocenters. The second-order valence-corrected chi connectivity index (χ2v) is 10.5. The Labute approximate surface area is 190 Å². The minimum absolute atomic E-state index is 0.0309. The predicted octanol–water partition coefficient (Wildman–Crippen LogP) is -0.267. The first-order chi connectivity index (χ1) is 15.1. The number of hydrogen-bond donors (Lipinski definition) is 3. The maximum Gasteiger partial charge on any atom is 0.272 e. The second-order valence-electron chi connectivity index (χ2n) is 7.59. The number of nitrogens with two attached hydrogens (primary N) is 1. The SMILES string of the molecule is Cc1cc(C(=O)N2CC[C@H](NS(=O)(=O)c3cccs3)C[C@H]2C(=O)NCCC(N)=O)n(C)n1. The smallest absolute Gasteiger partial charge is 0.272 e. The molecule has 1 fully saturated rings. The van der Waals surface area contributed by atoms with Gasteiger partial charge in [-0.1, -0.05) is 6.07 Å². The molecular weight excluding hydrogens is 456 g/mol. The molecule has 0 bridgehead atoms. The van der Waals surface area contributed by atoms with Crippen molar-refractivity contribution in [2.24, 2.45) is 12.8 Å². The van der Waals surface area contributed by atoms with Gasteiger partial charge in [0.15, 0.2) is 0 Å². The zero-order valence-corrected chi connectivity index (χ0v) is 19.4. The van der Waals surface area contributed by atoms with E-state index in [9.17, 15) is 22.8 Å². The molecule has 3 heterocycles. The standard InChI is InChI=1S/C19H26N6O5S2/c1-12-10-15(24(2)22-12)19(28)25-8-6-13(23-32(29,30)17-4-3-9-31-17)11-14(25)18(27)21-7-5-16(20)26/h3-4,9-10,13-14,23H,5-8,11H2,1-2H3,(H2,20,26)(H,21,27)/t13-,14-/m0/s1. The van der Waals surface area contributed by atoms with Gasteiger partial charge in [-0.15, -0.1) is 11.3 Å². The Hall–Kier alpha value is -2.77. The maximum atomic E-state index is 13.2. The average Bonchev–Trinajstić information content (AvgIpc) is 3.37. The summed E-state index contributed by atoms with van der Waals surface area (Å²) >= 11 is 1.10. The first kappa shape index (κ1) is 23.9. The molecule has 1 saturated heterocycles. The first-order valence-corrected chi connectivity index (χ1v) is 12.4. The number of carbonyl (C=O) groups excluding carboxylic acids is 3. The van der Waals surface area contributed by atoms with E-state index < -0.39 is 33.9 Å². The summed E-state index contributed by atoms with van der Waals surface area (Å²) in [6.45, 7) is 1.97. The zero-order chi connectivity index (χ0) is 23.5. The lowest BCUT2D eigenvalue weighted by Gasteiger charge is -2.38. The van der Waals surface area contributed by atoms with Crippen LogP contribution >= 0.6 is 11.3 Å².